The van der Waals surface area contributed by atoms with Crippen LogP contribution in [0.5, 0.6) is 0 Å². The van der Waals surface area contributed by atoms with Gasteiger partial charge in [-0.1, -0.05) is 0 Å². The topological polar surface area (TPSA) is 99.6 Å². The van der Waals surface area contributed by atoms with Crippen molar-refractivity contribution in [3.63, 3.8) is 0 Å². The van der Waals surface area contributed by atoms with Crippen molar-refractivity contribution < 1.29 is 19.5 Å². The summed E-state index contributed by atoms with van der Waals surface area (Å²) < 4.78 is 0. The molecule has 2 rings (SSSR count). The van der Waals surface area contributed by atoms with Crippen LogP contribution in [0, 0.1) is 12.8 Å². The van der Waals surface area contributed by atoms with Crippen LogP contribution in [0.4, 0.5) is 0 Å². The number of carbonyl (C=O) groups excluding carboxylic acids is 2. The number of aromatic nitrogens is 1. The smallest absolute Gasteiger partial charge is 0.326 e. The van der Waals surface area contributed by atoms with Gasteiger partial charge in [0.25, 0.3) is 5.91 Å². The third-order valence-corrected chi connectivity index (χ3v) is 3.87. The van der Waals surface area contributed by atoms with Crippen LogP contribution in [0.25, 0.3) is 0 Å². The van der Waals surface area contributed by atoms with Crippen molar-refractivity contribution in [2.75, 3.05) is 13.6 Å². The molecule has 0 saturated carbocycles. The van der Waals surface area contributed by atoms with Crippen LogP contribution in [0.1, 0.15) is 28.8 Å². The second-order valence-corrected chi connectivity index (χ2v) is 5.45. The summed E-state index contributed by atoms with van der Waals surface area (Å²) in [5, 5.41) is 11.9. The number of likely N-dealkylation sites (tertiary alicyclic amines) is 1. The Morgan fingerprint density at radius 2 is 2.05 bits per heavy atom. The Bertz CT molecular complexity index is 602. The highest BCUT2D eigenvalue weighted by molar-refractivity contribution is 5.97. The zero-order valence-electron chi connectivity index (χ0n) is 12.6. The van der Waals surface area contributed by atoms with Crippen molar-refractivity contribution in [3.8, 4) is 0 Å². The first-order valence-electron chi connectivity index (χ1n) is 7.11. The van der Waals surface area contributed by atoms with Crippen LogP contribution in [0.2, 0.25) is 0 Å². The van der Waals surface area contributed by atoms with Crippen molar-refractivity contribution in [1.29, 1.82) is 0 Å². The molecule has 0 aromatic carbocycles. The Hall–Kier alpha value is -2.44. The van der Waals surface area contributed by atoms with Gasteiger partial charge in [0.15, 0.2) is 0 Å². The summed E-state index contributed by atoms with van der Waals surface area (Å²) in [6.45, 7) is 1.91. The molecule has 22 heavy (non-hydrogen) atoms. The molecule has 1 saturated heterocycles. The minimum Gasteiger partial charge on any atom is -0.480 e. The fraction of sp³-hybridized carbons (Fsp3) is 0.467. The van der Waals surface area contributed by atoms with E-state index >= 15 is 0 Å². The predicted molar refractivity (Wildman–Crippen MR) is 78.2 cm³/mol. The van der Waals surface area contributed by atoms with E-state index in [1.807, 2.05) is 6.92 Å². The third-order valence-electron chi connectivity index (χ3n) is 3.87. The molecule has 1 aromatic rings. The lowest BCUT2D eigenvalue weighted by Crippen LogP contribution is -2.53. The Balaban J connectivity index is 2.27. The van der Waals surface area contributed by atoms with Crippen molar-refractivity contribution in [3.05, 3.63) is 29.6 Å². The molecule has 118 valence electrons. The Labute approximate surface area is 128 Å². The largest absolute Gasteiger partial charge is 0.480 e. The molecular weight excluding hydrogens is 286 g/mol. The van der Waals surface area contributed by atoms with Gasteiger partial charge in [-0.25, -0.2) is 4.79 Å². The molecule has 1 aliphatic rings. The van der Waals surface area contributed by atoms with Crippen molar-refractivity contribution in [1.82, 2.24) is 15.2 Å². The maximum atomic E-state index is 12.6. The molecule has 2 amide bonds. The number of piperidine rings is 1. The van der Waals surface area contributed by atoms with E-state index in [4.69, 9.17) is 0 Å². The molecule has 0 unspecified atom stereocenters. The molecule has 7 heteroatoms. The highest BCUT2D eigenvalue weighted by Crippen LogP contribution is 2.24. The SMILES string of the molecule is CNC(=O)[C@H]1CC[C@@H](C(=O)O)N(C(=O)c2cncc(C)c2)C1. The van der Waals surface area contributed by atoms with Gasteiger partial charge in [-0.3, -0.25) is 14.6 Å². The molecule has 0 radical (unpaired) electrons. The van der Waals surface area contributed by atoms with E-state index in [2.05, 4.69) is 10.3 Å². The fourth-order valence-corrected chi connectivity index (χ4v) is 2.71. The van der Waals surface area contributed by atoms with E-state index < -0.39 is 17.9 Å². The van der Waals surface area contributed by atoms with Gasteiger partial charge in [0, 0.05) is 26.0 Å². The number of nitrogens with zero attached hydrogens (tertiary/aromatic N) is 2. The van der Waals surface area contributed by atoms with Crippen LogP contribution in [0.15, 0.2) is 18.5 Å². The summed E-state index contributed by atoms with van der Waals surface area (Å²) in [5.74, 6) is -2.02. The lowest BCUT2D eigenvalue weighted by molar-refractivity contribution is -0.145. The zero-order valence-corrected chi connectivity index (χ0v) is 12.6. The summed E-state index contributed by atoms with van der Waals surface area (Å²) in [6.07, 6.45) is 3.75. The van der Waals surface area contributed by atoms with E-state index in [1.165, 1.54) is 18.1 Å². The first-order chi connectivity index (χ1) is 10.4. The van der Waals surface area contributed by atoms with Gasteiger partial charge in [-0.15, -0.1) is 0 Å². The number of carbonyl (C=O) groups is 3. The molecule has 0 bridgehead atoms. The molecule has 0 spiro atoms. The van der Waals surface area contributed by atoms with E-state index in [0.717, 1.165) is 5.56 Å². The van der Waals surface area contributed by atoms with Crippen LogP contribution in [-0.4, -0.2) is 52.4 Å². The Morgan fingerprint density at radius 3 is 2.64 bits per heavy atom. The number of pyridine rings is 1. The molecule has 7 nitrogen and oxygen atoms in total. The molecule has 2 heterocycles. The number of rotatable bonds is 3. The number of amides is 2. The summed E-state index contributed by atoms with van der Waals surface area (Å²) >= 11 is 0. The predicted octanol–water partition coefficient (Wildman–Crippen LogP) is 0.441. The average molecular weight is 305 g/mol. The van der Waals surface area contributed by atoms with Crippen LogP contribution in [-0.2, 0) is 9.59 Å². The van der Waals surface area contributed by atoms with E-state index in [0.29, 0.717) is 12.0 Å². The molecule has 2 N–H and O–H groups in total. The van der Waals surface area contributed by atoms with Gasteiger partial charge in [0.05, 0.1) is 11.5 Å². The second kappa shape index (κ2) is 6.55. The fourth-order valence-electron chi connectivity index (χ4n) is 2.71. The molecule has 2 atom stereocenters. The zero-order chi connectivity index (χ0) is 16.3. The average Bonchev–Trinajstić information content (AvgIpc) is 2.52. The Morgan fingerprint density at radius 1 is 1.32 bits per heavy atom. The highest BCUT2D eigenvalue weighted by atomic mass is 16.4. The standard InChI is InChI=1S/C15H19N3O4/c1-9-5-11(7-17-6-9)14(20)18-8-10(13(19)16-2)3-4-12(18)15(21)22/h5-7,10,12H,3-4,8H2,1-2H3,(H,16,19)(H,21,22)/t10-,12-/m0/s1. The van der Waals surface area contributed by atoms with E-state index in [1.54, 1.807) is 12.3 Å². The summed E-state index contributed by atoms with van der Waals surface area (Å²) in [5.41, 5.74) is 1.15. The monoisotopic (exact) mass is 305 g/mol. The number of aliphatic carboxylic acids is 1. The van der Waals surface area contributed by atoms with Crippen LogP contribution >= 0.6 is 0 Å². The van der Waals surface area contributed by atoms with Crippen molar-refractivity contribution in [2.24, 2.45) is 5.92 Å². The minimum absolute atomic E-state index is 0.101. The number of carboxylic acid groups (broad SMARTS) is 1. The third kappa shape index (κ3) is 3.24. The number of carboxylic acids is 1. The minimum atomic E-state index is -1.05. The molecule has 0 aliphatic carbocycles. The molecular formula is C15H19N3O4. The van der Waals surface area contributed by atoms with Gasteiger partial charge in [0.1, 0.15) is 6.04 Å². The van der Waals surface area contributed by atoms with Crippen molar-refractivity contribution in [2.45, 2.75) is 25.8 Å². The molecule has 1 aliphatic heterocycles. The molecule has 1 aromatic heterocycles. The molecule has 1 fully saturated rings. The normalized spacial score (nSPS) is 21.3. The lowest BCUT2D eigenvalue weighted by Gasteiger charge is -2.36. The van der Waals surface area contributed by atoms with Crippen molar-refractivity contribution >= 4 is 17.8 Å². The maximum absolute atomic E-state index is 12.6. The highest BCUT2D eigenvalue weighted by Gasteiger charge is 2.38. The van der Waals surface area contributed by atoms with E-state index in [-0.39, 0.29) is 24.8 Å². The van der Waals surface area contributed by atoms with Crippen LogP contribution < -0.4 is 5.32 Å². The van der Waals surface area contributed by atoms with Crippen LogP contribution in [0.3, 0.4) is 0 Å². The van der Waals surface area contributed by atoms with Gasteiger partial charge in [-0.05, 0) is 31.4 Å². The maximum Gasteiger partial charge on any atom is 0.326 e. The first kappa shape index (κ1) is 15.9. The van der Waals surface area contributed by atoms with Gasteiger partial charge < -0.3 is 15.3 Å². The summed E-state index contributed by atoms with van der Waals surface area (Å²) in [7, 11) is 1.53. The summed E-state index contributed by atoms with van der Waals surface area (Å²) in [6, 6.07) is 0.756. The Kier molecular flexibility index (Phi) is 4.75. The number of nitrogens with one attached hydrogen (secondary N) is 1. The van der Waals surface area contributed by atoms with Gasteiger partial charge in [0.2, 0.25) is 5.91 Å². The first-order valence-corrected chi connectivity index (χ1v) is 7.11. The quantitative estimate of drug-likeness (QED) is 0.844. The van der Waals surface area contributed by atoms with E-state index in [9.17, 15) is 19.5 Å². The number of aryl methyl sites for hydroxylation is 1. The lowest BCUT2D eigenvalue weighted by atomic mass is 9.91. The van der Waals surface area contributed by atoms with Gasteiger partial charge >= 0.3 is 5.97 Å². The summed E-state index contributed by atoms with van der Waals surface area (Å²) in [4.78, 5) is 41.0. The van der Waals surface area contributed by atoms with Gasteiger partial charge in [-0.2, -0.15) is 0 Å². The number of hydrogen-bond donors (Lipinski definition) is 2. The number of hydrogen-bond acceptors (Lipinski definition) is 4. The second-order valence-electron chi connectivity index (χ2n) is 5.45.